The number of rotatable bonds is 7. The Balaban J connectivity index is 1.74. The number of nitrogens with one attached hydrogen (secondary N) is 1. The molecule has 150 valence electrons. The van der Waals surface area contributed by atoms with Crippen LogP contribution in [0.4, 0.5) is 0 Å². The topological polar surface area (TPSA) is 46.9 Å². The van der Waals surface area contributed by atoms with Crippen molar-refractivity contribution in [1.82, 2.24) is 15.1 Å². The predicted molar refractivity (Wildman–Crippen MR) is 122 cm³/mol. The van der Waals surface area contributed by atoms with Gasteiger partial charge in [-0.3, -0.25) is 4.79 Å². The minimum atomic E-state index is -0.0900. The second kappa shape index (κ2) is 9.23. The molecule has 0 fully saturated rings. The van der Waals surface area contributed by atoms with E-state index in [2.05, 4.69) is 53.7 Å². The minimum Gasteiger partial charge on any atom is -0.352 e. The SMILES string of the molecule is CCCCNC(=O)c1cnn(-c2ccccc2)c1-c1ccc(-c2ccccc2)cc1. The van der Waals surface area contributed by atoms with Crippen molar-refractivity contribution in [3.63, 3.8) is 0 Å². The first kappa shape index (κ1) is 19.6. The monoisotopic (exact) mass is 395 g/mol. The summed E-state index contributed by atoms with van der Waals surface area (Å²) in [4.78, 5) is 12.9. The minimum absolute atomic E-state index is 0.0900. The fourth-order valence-corrected chi connectivity index (χ4v) is 3.48. The van der Waals surface area contributed by atoms with E-state index in [0.717, 1.165) is 40.9 Å². The molecule has 3 aromatic carbocycles. The molecular formula is C26H25N3O. The fraction of sp³-hybridized carbons (Fsp3) is 0.154. The molecule has 1 amide bonds. The average Bonchev–Trinajstić information content (AvgIpc) is 3.26. The van der Waals surface area contributed by atoms with Crippen LogP contribution in [0.25, 0.3) is 28.1 Å². The first-order valence-corrected chi connectivity index (χ1v) is 10.4. The second-order valence-corrected chi connectivity index (χ2v) is 7.21. The number of nitrogens with zero attached hydrogens (tertiary/aromatic N) is 2. The molecular weight excluding hydrogens is 370 g/mol. The van der Waals surface area contributed by atoms with Gasteiger partial charge in [0.2, 0.25) is 0 Å². The molecule has 0 bridgehead atoms. The lowest BCUT2D eigenvalue weighted by Gasteiger charge is -2.11. The zero-order valence-corrected chi connectivity index (χ0v) is 17.1. The number of hydrogen-bond acceptors (Lipinski definition) is 2. The number of unbranched alkanes of at least 4 members (excludes halogenated alkanes) is 1. The van der Waals surface area contributed by atoms with Crippen molar-refractivity contribution in [2.24, 2.45) is 0 Å². The zero-order valence-electron chi connectivity index (χ0n) is 17.1. The molecule has 0 saturated carbocycles. The average molecular weight is 396 g/mol. The van der Waals surface area contributed by atoms with E-state index in [4.69, 9.17) is 0 Å². The second-order valence-electron chi connectivity index (χ2n) is 7.21. The molecule has 0 aliphatic rings. The van der Waals surface area contributed by atoms with E-state index in [9.17, 15) is 4.79 Å². The molecule has 0 atom stereocenters. The van der Waals surface area contributed by atoms with Gasteiger partial charge in [0.1, 0.15) is 0 Å². The van der Waals surface area contributed by atoms with Crippen LogP contribution in [-0.4, -0.2) is 22.2 Å². The number of carbonyl (C=O) groups is 1. The maximum absolute atomic E-state index is 12.9. The molecule has 1 aromatic heterocycles. The Kier molecular flexibility index (Phi) is 6.04. The molecule has 1 heterocycles. The molecule has 4 heteroatoms. The van der Waals surface area contributed by atoms with E-state index < -0.39 is 0 Å². The van der Waals surface area contributed by atoms with Crippen LogP contribution in [0, 0.1) is 0 Å². The summed E-state index contributed by atoms with van der Waals surface area (Å²) in [7, 11) is 0. The molecule has 4 rings (SSSR count). The Morgan fingerprint density at radius 1 is 0.833 bits per heavy atom. The van der Waals surface area contributed by atoms with Gasteiger partial charge in [-0.05, 0) is 29.7 Å². The van der Waals surface area contributed by atoms with Crippen molar-refractivity contribution in [1.29, 1.82) is 0 Å². The Morgan fingerprint density at radius 3 is 2.10 bits per heavy atom. The van der Waals surface area contributed by atoms with Crippen molar-refractivity contribution in [2.75, 3.05) is 6.54 Å². The summed E-state index contributed by atoms with van der Waals surface area (Å²) in [6.45, 7) is 2.78. The molecule has 0 saturated heterocycles. The summed E-state index contributed by atoms with van der Waals surface area (Å²) in [5, 5.41) is 7.57. The van der Waals surface area contributed by atoms with Crippen LogP contribution in [0.2, 0.25) is 0 Å². The quantitative estimate of drug-likeness (QED) is 0.406. The van der Waals surface area contributed by atoms with Crippen LogP contribution >= 0.6 is 0 Å². The third kappa shape index (κ3) is 4.18. The van der Waals surface area contributed by atoms with E-state index >= 15 is 0 Å². The highest BCUT2D eigenvalue weighted by Gasteiger charge is 2.20. The zero-order chi connectivity index (χ0) is 20.8. The van der Waals surface area contributed by atoms with Gasteiger partial charge in [0.15, 0.2) is 0 Å². The van der Waals surface area contributed by atoms with Crippen molar-refractivity contribution >= 4 is 5.91 Å². The van der Waals surface area contributed by atoms with E-state index in [1.165, 1.54) is 0 Å². The highest BCUT2D eigenvalue weighted by atomic mass is 16.1. The molecule has 0 radical (unpaired) electrons. The Hall–Kier alpha value is -3.66. The summed E-state index contributed by atoms with van der Waals surface area (Å²) in [5.41, 5.74) is 5.57. The van der Waals surface area contributed by atoms with Crippen LogP contribution in [0.1, 0.15) is 30.1 Å². The Morgan fingerprint density at radius 2 is 1.43 bits per heavy atom. The van der Waals surface area contributed by atoms with E-state index in [1.807, 2.05) is 53.2 Å². The van der Waals surface area contributed by atoms with Crippen LogP contribution in [0.5, 0.6) is 0 Å². The molecule has 0 spiro atoms. The van der Waals surface area contributed by atoms with Gasteiger partial charge in [-0.1, -0.05) is 86.1 Å². The van der Waals surface area contributed by atoms with Crippen LogP contribution in [0.15, 0.2) is 91.1 Å². The molecule has 0 aliphatic heterocycles. The molecule has 0 unspecified atom stereocenters. The number of para-hydroxylation sites is 1. The third-order valence-electron chi connectivity index (χ3n) is 5.10. The largest absolute Gasteiger partial charge is 0.352 e. The Labute approximate surface area is 177 Å². The Bertz CT molecular complexity index is 1100. The standard InChI is InChI=1S/C26H25N3O/c1-2-3-18-27-26(30)24-19-28-29(23-12-8-5-9-13-23)25(24)22-16-14-21(15-17-22)20-10-6-4-7-11-20/h4-17,19H,2-3,18H2,1H3,(H,27,30). The molecule has 1 N–H and O–H groups in total. The third-order valence-corrected chi connectivity index (χ3v) is 5.10. The normalized spacial score (nSPS) is 10.7. The summed E-state index contributed by atoms with van der Waals surface area (Å²) < 4.78 is 1.84. The molecule has 30 heavy (non-hydrogen) atoms. The number of benzene rings is 3. The summed E-state index contributed by atoms with van der Waals surface area (Å²) in [6, 6.07) is 28.5. The van der Waals surface area contributed by atoms with Gasteiger partial charge in [-0.15, -0.1) is 0 Å². The van der Waals surface area contributed by atoms with Gasteiger partial charge in [0, 0.05) is 12.1 Å². The van der Waals surface area contributed by atoms with Crippen molar-refractivity contribution in [2.45, 2.75) is 19.8 Å². The van der Waals surface area contributed by atoms with Crippen molar-refractivity contribution in [3.8, 4) is 28.1 Å². The van der Waals surface area contributed by atoms with Crippen molar-refractivity contribution in [3.05, 3.63) is 96.7 Å². The van der Waals surface area contributed by atoms with Gasteiger partial charge in [0.25, 0.3) is 5.91 Å². The van der Waals surface area contributed by atoms with E-state index in [0.29, 0.717) is 12.1 Å². The van der Waals surface area contributed by atoms with Crippen LogP contribution < -0.4 is 5.32 Å². The summed E-state index contributed by atoms with van der Waals surface area (Å²) in [6.07, 6.45) is 3.66. The highest BCUT2D eigenvalue weighted by molar-refractivity contribution is 6.00. The maximum atomic E-state index is 12.9. The lowest BCUT2D eigenvalue weighted by atomic mass is 10.0. The van der Waals surface area contributed by atoms with E-state index in [-0.39, 0.29) is 5.91 Å². The fourth-order valence-electron chi connectivity index (χ4n) is 3.48. The van der Waals surface area contributed by atoms with Gasteiger partial charge < -0.3 is 5.32 Å². The number of carbonyl (C=O) groups excluding carboxylic acids is 1. The van der Waals surface area contributed by atoms with Crippen molar-refractivity contribution < 1.29 is 4.79 Å². The summed E-state index contributed by atoms with van der Waals surface area (Å²) in [5.74, 6) is -0.0900. The smallest absolute Gasteiger partial charge is 0.255 e. The van der Waals surface area contributed by atoms with Crippen LogP contribution in [-0.2, 0) is 0 Å². The first-order chi connectivity index (χ1) is 14.8. The maximum Gasteiger partial charge on any atom is 0.255 e. The van der Waals surface area contributed by atoms with Crippen LogP contribution in [0.3, 0.4) is 0 Å². The van der Waals surface area contributed by atoms with Gasteiger partial charge >= 0.3 is 0 Å². The highest BCUT2D eigenvalue weighted by Crippen LogP contribution is 2.29. The predicted octanol–water partition coefficient (Wildman–Crippen LogP) is 5.74. The molecule has 0 aliphatic carbocycles. The van der Waals surface area contributed by atoms with Gasteiger partial charge in [-0.25, -0.2) is 4.68 Å². The number of aromatic nitrogens is 2. The van der Waals surface area contributed by atoms with E-state index in [1.54, 1.807) is 6.20 Å². The number of amides is 1. The lowest BCUT2D eigenvalue weighted by Crippen LogP contribution is -2.24. The van der Waals surface area contributed by atoms with Gasteiger partial charge in [-0.2, -0.15) is 5.10 Å². The lowest BCUT2D eigenvalue weighted by molar-refractivity contribution is 0.0954. The summed E-state index contributed by atoms with van der Waals surface area (Å²) >= 11 is 0. The van der Waals surface area contributed by atoms with Gasteiger partial charge in [0.05, 0.1) is 23.1 Å². The number of hydrogen-bond donors (Lipinski definition) is 1. The molecule has 4 aromatic rings. The first-order valence-electron chi connectivity index (χ1n) is 10.4. The molecule has 4 nitrogen and oxygen atoms in total.